The zero-order chi connectivity index (χ0) is 14.6. The largest absolute Gasteiger partial charge is 0.324 e. The van der Waals surface area contributed by atoms with E-state index in [9.17, 15) is 14.9 Å². The average Bonchev–Trinajstić information content (AvgIpc) is 2.33. The molecule has 1 amide bonds. The van der Waals surface area contributed by atoms with Crippen LogP contribution in [0.25, 0.3) is 0 Å². The van der Waals surface area contributed by atoms with Gasteiger partial charge in [-0.3, -0.25) is 14.9 Å². The number of hydrogen-bond donors (Lipinski definition) is 2. The second-order valence-electron chi connectivity index (χ2n) is 4.60. The minimum atomic E-state index is -0.556. The van der Waals surface area contributed by atoms with Crippen LogP contribution in [0.3, 0.4) is 0 Å². The number of carbonyl (C=O) groups is 1. The zero-order valence-electron chi connectivity index (χ0n) is 11.4. The molecule has 0 fully saturated rings. The summed E-state index contributed by atoms with van der Waals surface area (Å²) < 4.78 is 0. The Kier molecular flexibility index (Phi) is 5.00. The van der Waals surface area contributed by atoms with E-state index in [0.29, 0.717) is 23.2 Å². The van der Waals surface area contributed by atoms with Crippen LogP contribution in [0, 0.1) is 24.0 Å². The molecule has 104 valence electrons. The van der Waals surface area contributed by atoms with Gasteiger partial charge in [0.15, 0.2) is 0 Å². The molecule has 0 bridgehead atoms. The van der Waals surface area contributed by atoms with Gasteiger partial charge in [-0.2, -0.15) is 0 Å². The lowest BCUT2D eigenvalue weighted by Gasteiger charge is -2.13. The predicted octanol–water partition coefficient (Wildman–Crippen LogP) is 2.28. The Balaban J connectivity index is 2.94. The molecule has 19 heavy (non-hydrogen) atoms. The molecule has 0 saturated carbocycles. The molecule has 0 spiro atoms. The number of rotatable bonds is 5. The molecule has 0 aliphatic heterocycles. The fourth-order valence-corrected chi connectivity index (χ4v) is 1.80. The summed E-state index contributed by atoms with van der Waals surface area (Å²) in [7, 11) is 0. The van der Waals surface area contributed by atoms with Crippen molar-refractivity contribution in [3.05, 3.63) is 33.4 Å². The van der Waals surface area contributed by atoms with Crippen LogP contribution in [0.15, 0.2) is 12.1 Å². The van der Waals surface area contributed by atoms with Crippen LogP contribution in [0.5, 0.6) is 0 Å². The van der Waals surface area contributed by atoms with Gasteiger partial charge in [0, 0.05) is 17.3 Å². The lowest BCUT2D eigenvalue weighted by Crippen LogP contribution is -2.35. The molecule has 6 heteroatoms. The minimum absolute atomic E-state index is 0.0494. The van der Waals surface area contributed by atoms with Crippen LogP contribution < -0.4 is 11.1 Å². The summed E-state index contributed by atoms with van der Waals surface area (Å²) in [6.45, 7) is 5.31. The maximum atomic E-state index is 11.8. The third-order valence-corrected chi connectivity index (χ3v) is 2.93. The van der Waals surface area contributed by atoms with E-state index in [1.165, 1.54) is 6.07 Å². The first-order valence-electron chi connectivity index (χ1n) is 6.18. The normalized spacial score (nSPS) is 12.0. The van der Waals surface area contributed by atoms with Gasteiger partial charge in [0.25, 0.3) is 5.69 Å². The number of carbonyl (C=O) groups excluding carboxylic acids is 1. The summed E-state index contributed by atoms with van der Waals surface area (Å²) in [6.07, 6.45) is 1.43. The molecule has 6 nitrogen and oxygen atoms in total. The third kappa shape index (κ3) is 3.75. The van der Waals surface area contributed by atoms with Gasteiger partial charge >= 0.3 is 0 Å². The molecule has 1 aromatic carbocycles. The number of nitrogens with one attached hydrogen (secondary N) is 1. The second kappa shape index (κ2) is 6.29. The van der Waals surface area contributed by atoms with E-state index >= 15 is 0 Å². The lowest BCUT2D eigenvalue weighted by atomic mass is 10.1. The zero-order valence-corrected chi connectivity index (χ0v) is 11.4. The number of aryl methyl sites for hydroxylation is 2. The maximum Gasteiger partial charge on any atom is 0.272 e. The SMILES string of the molecule is CCC[C@H](N)C(=O)Nc1cc(C)c([N+](=O)[O-])cc1C. The fourth-order valence-electron chi connectivity index (χ4n) is 1.80. The molecular formula is C13H19N3O3. The van der Waals surface area contributed by atoms with Gasteiger partial charge in [-0.05, 0) is 31.9 Å². The predicted molar refractivity (Wildman–Crippen MR) is 74.1 cm³/mol. The summed E-state index contributed by atoms with van der Waals surface area (Å²) in [5.74, 6) is -0.266. The molecule has 0 saturated heterocycles. The van der Waals surface area contributed by atoms with Crippen molar-refractivity contribution in [2.75, 3.05) is 5.32 Å². The van der Waals surface area contributed by atoms with Crippen LogP contribution in [-0.2, 0) is 4.79 Å². The molecule has 1 atom stereocenters. The van der Waals surface area contributed by atoms with Gasteiger partial charge in [-0.1, -0.05) is 13.3 Å². The Morgan fingerprint density at radius 1 is 1.42 bits per heavy atom. The van der Waals surface area contributed by atoms with Gasteiger partial charge in [0.05, 0.1) is 11.0 Å². The number of nitrogens with two attached hydrogens (primary N) is 1. The highest BCUT2D eigenvalue weighted by molar-refractivity contribution is 5.95. The van der Waals surface area contributed by atoms with E-state index in [4.69, 9.17) is 5.73 Å². The maximum absolute atomic E-state index is 11.8. The molecule has 3 N–H and O–H groups in total. The van der Waals surface area contributed by atoms with Crippen LogP contribution >= 0.6 is 0 Å². The molecule has 0 heterocycles. The van der Waals surface area contributed by atoms with Crippen LogP contribution in [-0.4, -0.2) is 16.9 Å². The number of nitro benzene ring substituents is 1. The van der Waals surface area contributed by atoms with E-state index in [0.717, 1.165) is 6.42 Å². The number of benzene rings is 1. The first kappa shape index (κ1) is 15.1. The highest BCUT2D eigenvalue weighted by Crippen LogP contribution is 2.26. The molecule has 0 radical (unpaired) electrons. The van der Waals surface area contributed by atoms with E-state index in [1.54, 1.807) is 19.9 Å². The molecule has 1 aromatic rings. The van der Waals surface area contributed by atoms with E-state index < -0.39 is 11.0 Å². The highest BCUT2D eigenvalue weighted by atomic mass is 16.6. The first-order valence-corrected chi connectivity index (χ1v) is 6.18. The highest BCUT2D eigenvalue weighted by Gasteiger charge is 2.17. The molecule has 0 aliphatic carbocycles. The van der Waals surface area contributed by atoms with Gasteiger partial charge in [0.2, 0.25) is 5.91 Å². The second-order valence-corrected chi connectivity index (χ2v) is 4.60. The number of nitrogens with zero attached hydrogens (tertiary/aromatic N) is 1. The smallest absolute Gasteiger partial charge is 0.272 e. The van der Waals surface area contributed by atoms with Gasteiger partial charge in [-0.15, -0.1) is 0 Å². The standard InChI is InChI=1S/C13H19N3O3/c1-4-5-10(14)13(17)15-11-6-9(3)12(16(18)19)7-8(11)2/h6-7,10H,4-5,14H2,1-3H3,(H,15,17)/t10-/m0/s1. The number of nitro groups is 1. The lowest BCUT2D eigenvalue weighted by molar-refractivity contribution is -0.385. The summed E-state index contributed by atoms with van der Waals surface area (Å²) in [5, 5.41) is 13.5. The Labute approximate surface area is 112 Å². The van der Waals surface area contributed by atoms with Crippen molar-refractivity contribution >= 4 is 17.3 Å². The molecule has 0 unspecified atom stereocenters. The summed E-state index contributed by atoms with van der Waals surface area (Å²) in [5.41, 5.74) is 7.50. The Morgan fingerprint density at radius 2 is 2.05 bits per heavy atom. The quantitative estimate of drug-likeness (QED) is 0.630. The van der Waals surface area contributed by atoms with E-state index in [2.05, 4.69) is 5.32 Å². The number of amides is 1. The summed E-state index contributed by atoms with van der Waals surface area (Å²) in [4.78, 5) is 22.2. The van der Waals surface area contributed by atoms with Gasteiger partial charge < -0.3 is 11.1 Å². The topological polar surface area (TPSA) is 98.3 Å². The van der Waals surface area contributed by atoms with Crippen molar-refractivity contribution in [2.45, 2.75) is 39.7 Å². The molecule has 1 rings (SSSR count). The number of hydrogen-bond acceptors (Lipinski definition) is 4. The first-order chi connectivity index (χ1) is 8.86. The van der Waals surface area contributed by atoms with E-state index in [1.807, 2.05) is 6.92 Å². The Bertz CT molecular complexity index is 500. The summed E-state index contributed by atoms with van der Waals surface area (Å²) >= 11 is 0. The molecular weight excluding hydrogens is 246 g/mol. The fraction of sp³-hybridized carbons (Fsp3) is 0.462. The Morgan fingerprint density at radius 3 is 2.58 bits per heavy atom. The van der Waals surface area contributed by atoms with Crippen molar-refractivity contribution in [2.24, 2.45) is 5.73 Å². The van der Waals surface area contributed by atoms with Crippen LogP contribution in [0.4, 0.5) is 11.4 Å². The monoisotopic (exact) mass is 265 g/mol. The third-order valence-electron chi connectivity index (χ3n) is 2.93. The molecule has 0 aromatic heterocycles. The van der Waals surface area contributed by atoms with Crippen LogP contribution in [0.2, 0.25) is 0 Å². The van der Waals surface area contributed by atoms with Crippen molar-refractivity contribution < 1.29 is 9.72 Å². The van der Waals surface area contributed by atoms with E-state index in [-0.39, 0.29) is 11.6 Å². The van der Waals surface area contributed by atoms with Crippen molar-refractivity contribution in [3.63, 3.8) is 0 Å². The summed E-state index contributed by atoms with van der Waals surface area (Å²) in [6, 6.07) is 2.50. The van der Waals surface area contributed by atoms with Crippen molar-refractivity contribution in [1.29, 1.82) is 0 Å². The van der Waals surface area contributed by atoms with Gasteiger partial charge in [-0.25, -0.2) is 0 Å². The van der Waals surface area contributed by atoms with Crippen LogP contribution in [0.1, 0.15) is 30.9 Å². The number of anilines is 1. The van der Waals surface area contributed by atoms with Crippen molar-refractivity contribution in [3.8, 4) is 0 Å². The Hall–Kier alpha value is -1.95. The minimum Gasteiger partial charge on any atom is -0.324 e. The van der Waals surface area contributed by atoms with Gasteiger partial charge in [0.1, 0.15) is 0 Å². The average molecular weight is 265 g/mol. The molecule has 0 aliphatic rings. The van der Waals surface area contributed by atoms with Crippen molar-refractivity contribution in [1.82, 2.24) is 0 Å².